The Hall–Kier alpha value is -4.53. The van der Waals surface area contributed by atoms with Crippen LogP contribution >= 0.6 is 0 Å². The van der Waals surface area contributed by atoms with E-state index in [4.69, 9.17) is 4.55 Å². The fourth-order valence-electron chi connectivity index (χ4n) is 4.68. The van der Waals surface area contributed by atoms with Crippen LogP contribution in [0.1, 0.15) is 57.1 Å². The molecule has 216 valence electrons. The zero-order valence-electron chi connectivity index (χ0n) is 23.4. The lowest BCUT2D eigenvalue weighted by molar-refractivity contribution is -0.123. The normalized spacial score (nSPS) is 12.0. The molecule has 0 fully saturated rings. The summed E-state index contributed by atoms with van der Waals surface area (Å²) in [5.41, 5.74) is 5.91. The number of hydrogen-bond donors (Lipinski definition) is 3. The Morgan fingerprint density at radius 2 is 1.29 bits per heavy atom. The van der Waals surface area contributed by atoms with Crippen LogP contribution in [0.15, 0.2) is 116 Å². The van der Waals surface area contributed by atoms with Gasteiger partial charge in [0, 0.05) is 12.1 Å². The quantitative estimate of drug-likeness (QED) is 0.189. The zero-order valence-corrected chi connectivity index (χ0v) is 24.2. The van der Waals surface area contributed by atoms with Gasteiger partial charge < -0.3 is 10.6 Å². The van der Waals surface area contributed by atoms with Crippen LogP contribution in [0.3, 0.4) is 0 Å². The molecule has 0 aliphatic carbocycles. The monoisotopic (exact) mass is 582 g/mol. The Balaban J connectivity index is 1.59. The highest BCUT2D eigenvalue weighted by Crippen LogP contribution is 2.27. The van der Waals surface area contributed by atoms with Crippen LogP contribution in [-0.4, -0.2) is 37.1 Å². The lowest BCUT2D eigenvalue weighted by atomic mass is 9.89. The average molecular weight is 583 g/mol. The van der Waals surface area contributed by atoms with Gasteiger partial charge in [-0.3, -0.25) is 14.1 Å². The molecule has 4 rings (SSSR count). The summed E-state index contributed by atoms with van der Waals surface area (Å²) in [5.74, 6) is -1.68. The Morgan fingerprint density at radius 1 is 0.762 bits per heavy atom. The number of nitrogens with one attached hydrogen (secondary N) is 2. The van der Waals surface area contributed by atoms with E-state index in [0.29, 0.717) is 12.0 Å². The molecule has 0 spiro atoms. The highest BCUT2D eigenvalue weighted by Gasteiger charge is 2.25. The lowest BCUT2D eigenvalue weighted by Crippen LogP contribution is -2.34. The SMILES string of the molecule is C=C(C)c1ccc(C(Cc2ccc(C(=O)NCCS(=O)(=O)O)cc2)C(=O)NC(c2ccccc2)c2ccccc2)cc1. The van der Waals surface area contributed by atoms with E-state index in [2.05, 4.69) is 17.2 Å². The lowest BCUT2D eigenvalue weighted by Gasteiger charge is -2.24. The molecular formula is C34H34N2O5S. The predicted octanol–water partition coefficient (Wildman–Crippen LogP) is 5.57. The maximum absolute atomic E-state index is 14.0. The van der Waals surface area contributed by atoms with Crippen LogP contribution in [-0.2, 0) is 21.3 Å². The Kier molecular flexibility index (Phi) is 10.1. The maximum Gasteiger partial charge on any atom is 0.266 e. The standard InChI is InChI=1S/C34H34N2O5S/c1-24(2)26-17-19-27(20-18-26)31(23-25-13-15-30(16-14-25)33(37)35-21-22-42(39,40)41)34(38)36-32(28-9-5-3-6-10-28)29-11-7-4-8-12-29/h3-20,31-32H,1,21-23H2,2H3,(H,35,37)(H,36,38)(H,39,40,41). The van der Waals surface area contributed by atoms with Crippen molar-refractivity contribution in [3.05, 3.63) is 149 Å². The van der Waals surface area contributed by atoms with Crippen molar-refractivity contribution in [3.8, 4) is 0 Å². The summed E-state index contributed by atoms with van der Waals surface area (Å²) in [6.45, 7) is 5.74. The van der Waals surface area contributed by atoms with E-state index < -0.39 is 27.7 Å². The molecule has 0 aliphatic rings. The van der Waals surface area contributed by atoms with E-state index in [9.17, 15) is 18.0 Å². The van der Waals surface area contributed by atoms with Gasteiger partial charge in [-0.15, -0.1) is 0 Å². The van der Waals surface area contributed by atoms with Gasteiger partial charge in [-0.25, -0.2) is 0 Å². The first-order chi connectivity index (χ1) is 20.1. The molecule has 0 saturated heterocycles. The summed E-state index contributed by atoms with van der Waals surface area (Å²) >= 11 is 0. The highest BCUT2D eigenvalue weighted by molar-refractivity contribution is 7.85. The van der Waals surface area contributed by atoms with Crippen molar-refractivity contribution >= 4 is 27.5 Å². The van der Waals surface area contributed by atoms with Gasteiger partial charge in [-0.05, 0) is 53.3 Å². The van der Waals surface area contributed by atoms with Crippen LogP contribution in [0.25, 0.3) is 5.57 Å². The first kappa shape index (κ1) is 30.4. The smallest absolute Gasteiger partial charge is 0.266 e. The van der Waals surface area contributed by atoms with Crippen molar-refractivity contribution in [2.24, 2.45) is 0 Å². The number of rotatable bonds is 12. The number of carbonyl (C=O) groups is 2. The summed E-state index contributed by atoms with van der Waals surface area (Å²) in [7, 11) is -4.17. The van der Waals surface area contributed by atoms with Gasteiger partial charge in [-0.1, -0.05) is 109 Å². The second-order valence-corrected chi connectivity index (χ2v) is 11.7. The van der Waals surface area contributed by atoms with Gasteiger partial charge in [0.1, 0.15) is 0 Å². The summed E-state index contributed by atoms with van der Waals surface area (Å²) in [6, 6.07) is 34.0. The minimum absolute atomic E-state index is 0.136. The van der Waals surface area contributed by atoms with Gasteiger partial charge in [0.05, 0.1) is 17.7 Å². The first-order valence-corrected chi connectivity index (χ1v) is 15.2. The van der Waals surface area contributed by atoms with Crippen molar-refractivity contribution in [1.82, 2.24) is 10.6 Å². The topological polar surface area (TPSA) is 113 Å². The molecule has 3 N–H and O–H groups in total. The molecule has 8 heteroatoms. The molecule has 1 unspecified atom stereocenters. The molecule has 2 amide bonds. The highest BCUT2D eigenvalue weighted by atomic mass is 32.2. The summed E-state index contributed by atoms with van der Waals surface area (Å²) in [4.78, 5) is 26.4. The molecule has 42 heavy (non-hydrogen) atoms. The summed E-state index contributed by atoms with van der Waals surface area (Å²) < 4.78 is 30.7. The number of allylic oxidation sites excluding steroid dienone is 1. The van der Waals surface area contributed by atoms with Crippen LogP contribution in [0.4, 0.5) is 0 Å². The minimum atomic E-state index is -4.17. The minimum Gasteiger partial charge on any atom is -0.351 e. The van der Waals surface area contributed by atoms with E-state index in [1.165, 1.54) is 0 Å². The molecule has 0 heterocycles. The van der Waals surface area contributed by atoms with E-state index in [1.54, 1.807) is 24.3 Å². The first-order valence-electron chi connectivity index (χ1n) is 13.6. The molecule has 0 aromatic heterocycles. The molecule has 0 saturated carbocycles. The molecule has 4 aromatic carbocycles. The van der Waals surface area contributed by atoms with Gasteiger partial charge in [0.2, 0.25) is 5.91 Å². The number of carbonyl (C=O) groups excluding carboxylic acids is 2. The Bertz CT molecular complexity index is 1580. The number of benzene rings is 4. The summed E-state index contributed by atoms with van der Waals surface area (Å²) in [6.07, 6.45) is 0.388. The van der Waals surface area contributed by atoms with Crippen molar-refractivity contribution in [3.63, 3.8) is 0 Å². The molecule has 4 aromatic rings. The van der Waals surface area contributed by atoms with Gasteiger partial charge in [0.15, 0.2) is 0 Å². The third-order valence-electron chi connectivity index (χ3n) is 6.98. The van der Waals surface area contributed by atoms with Crippen molar-refractivity contribution in [1.29, 1.82) is 0 Å². The number of hydrogen-bond acceptors (Lipinski definition) is 4. The Morgan fingerprint density at radius 3 is 1.79 bits per heavy atom. The summed E-state index contributed by atoms with van der Waals surface area (Å²) in [5, 5.41) is 5.76. The van der Waals surface area contributed by atoms with Crippen LogP contribution in [0.5, 0.6) is 0 Å². The molecule has 0 aliphatic heterocycles. The van der Waals surface area contributed by atoms with Crippen LogP contribution in [0.2, 0.25) is 0 Å². The van der Waals surface area contributed by atoms with E-state index in [1.807, 2.05) is 91.9 Å². The molecular weight excluding hydrogens is 548 g/mol. The second kappa shape index (κ2) is 13.9. The molecule has 7 nitrogen and oxygen atoms in total. The van der Waals surface area contributed by atoms with Gasteiger partial charge >= 0.3 is 0 Å². The molecule has 0 bridgehead atoms. The van der Waals surface area contributed by atoms with Crippen molar-refractivity contribution in [2.75, 3.05) is 12.3 Å². The van der Waals surface area contributed by atoms with Crippen LogP contribution in [0, 0.1) is 0 Å². The van der Waals surface area contributed by atoms with E-state index in [-0.39, 0.29) is 18.5 Å². The van der Waals surface area contributed by atoms with E-state index in [0.717, 1.165) is 33.4 Å². The van der Waals surface area contributed by atoms with Crippen molar-refractivity contribution in [2.45, 2.75) is 25.3 Å². The van der Waals surface area contributed by atoms with Gasteiger partial charge in [0.25, 0.3) is 16.0 Å². The fourth-order valence-corrected chi connectivity index (χ4v) is 5.04. The van der Waals surface area contributed by atoms with E-state index >= 15 is 0 Å². The maximum atomic E-state index is 14.0. The average Bonchev–Trinajstić information content (AvgIpc) is 2.99. The third kappa shape index (κ3) is 8.49. The number of amides is 2. The largest absolute Gasteiger partial charge is 0.351 e. The predicted molar refractivity (Wildman–Crippen MR) is 166 cm³/mol. The van der Waals surface area contributed by atoms with Crippen molar-refractivity contribution < 1.29 is 22.6 Å². The Labute approximate surface area is 247 Å². The van der Waals surface area contributed by atoms with Crippen LogP contribution < -0.4 is 10.6 Å². The van der Waals surface area contributed by atoms with Gasteiger partial charge in [-0.2, -0.15) is 8.42 Å². The molecule has 0 radical (unpaired) electrons. The second-order valence-electron chi connectivity index (χ2n) is 10.2. The zero-order chi connectivity index (χ0) is 30.1. The molecule has 1 atom stereocenters. The third-order valence-corrected chi connectivity index (χ3v) is 7.70. The fraction of sp³-hybridized carbons (Fsp3) is 0.176.